The van der Waals surface area contributed by atoms with Crippen LogP contribution in [0.25, 0.3) is 0 Å². The molecule has 0 amide bonds. The summed E-state index contributed by atoms with van der Waals surface area (Å²) in [5.74, 6) is 0. The number of ether oxygens (including phenoxy) is 2. The van der Waals surface area contributed by atoms with Crippen molar-refractivity contribution in [2.45, 2.75) is 57.0 Å². The van der Waals surface area contributed by atoms with Gasteiger partial charge in [0.15, 0.2) is 0 Å². The van der Waals surface area contributed by atoms with Gasteiger partial charge in [-0.3, -0.25) is 0 Å². The standard InChI is InChI=1S/C11H19NO2/c1-4-11-7-13-9(2)5-6-10(3,12(9)11)14-8-11/h4-8H2,1-3H3/t9-,10-/m1/s1. The molecule has 0 unspecified atom stereocenters. The van der Waals surface area contributed by atoms with Crippen molar-refractivity contribution in [3.63, 3.8) is 0 Å². The zero-order valence-electron chi connectivity index (χ0n) is 9.30. The Morgan fingerprint density at radius 1 is 1.07 bits per heavy atom. The molecule has 0 saturated carbocycles. The van der Waals surface area contributed by atoms with Gasteiger partial charge in [0.25, 0.3) is 0 Å². The molecule has 0 aromatic heterocycles. The minimum atomic E-state index is -0.0543. The fourth-order valence-corrected chi connectivity index (χ4v) is 3.58. The van der Waals surface area contributed by atoms with Gasteiger partial charge in [0.05, 0.1) is 18.8 Å². The second kappa shape index (κ2) is 2.34. The lowest BCUT2D eigenvalue weighted by Crippen LogP contribution is -2.53. The molecule has 3 heterocycles. The molecule has 80 valence electrons. The molecular formula is C11H19NO2. The average molecular weight is 197 g/mol. The lowest BCUT2D eigenvalue weighted by atomic mass is 9.97. The maximum Gasteiger partial charge on any atom is 0.121 e. The Bertz CT molecular complexity index is 258. The maximum atomic E-state index is 6.00. The van der Waals surface area contributed by atoms with E-state index in [2.05, 4.69) is 25.7 Å². The first kappa shape index (κ1) is 9.13. The van der Waals surface area contributed by atoms with E-state index in [1.54, 1.807) is 0 Å². The van der Waals surface area contributed by atoms with E-state index in [1.807, 2.05) is 0 Å². The Morgan fingerprint density at radius 2 is 1.57 bits per heavy atom. The van der Waals surface area contributed by atoms with E-state index in [1.165, 1.54) is 0 Å². The Balaban J connectivity index is 2.08. The van der Waals surface area contributed by atoms with Gasteiger partial charge in [-0.05, 0) is 33.1 Å². The van der Waals surface area contributed by atoms with Gasteiger partial charge < -0.3 is 9.47 Å². The van der Waals surface area contributed by atoms with E-state index >= 15 is 0 Å². The lowest BCUT2D eigenvalue weighted by Gasteiger charge is -2.37. The molecule has 0 radical (unpaired) electrons. The van der Waals surface area contributed by atoms with Gasteiger partial charge in [0.2, 0.25) is 0 Å². The predicted octanol–water partition coefficient (Wildman–Crippen LogP) is 1.72. The third kappa shape index (κ3) is 0.802. The minimum absolute atomic E-state index is 0.0543. The zero-order valence-corrected chi connectivity index (χ0v) is 9.30. The van der Waals surface area contributed by atoms with Crippen molar-refractivity contribution in [3.05, 3.63) is 0 Å². The van der Waals surface area contributed by atoms with Crippen molar-refractivity contribution in [2.75, 3.05) is 13.2 Å². The molecule has 3 rings (SSSR count). The molecule has 0 N–H and O–H groups in total. The van der Waals surface area contributed by atoms with Gasteiger partial charge in [-0.15, -0.1) is 0 Å². The minimum Gasteiger partial charge on any atom is -0.359 e. The molecule has 3 aliphatic heterocycles. The van der Waals surface area contributed by atoms with Crippen LogP contribution in [0.15, 0.2) is 0 Å². The first-order valence-electron chi connectivity index (χ1n) is 5.63. The fourth-order valence-electron chi connectivity index (χ4n) is 3.58. The summed E-state index contributed by atoms with van der Waals surface area (Å²) >= 11 is 0. The molecule has 0 spiro atoms. The second-order valence-corrected chi connectivity index (χ2v) is 5.34. The number of nitrogens with zero attached hydrogens (tertiary/aromatic N) is 1. The van der Waals surface area contributed by atoms with Gasteiger partial charge in [0, 0.05) is 0 Å². The highest BCUT2D eigenvalue weighted by Crippen LogP contribution is 2.56. The highest BCUT2D eigenvalue weighted by Gasteiger charge is 2.68. The molecule has 2 atom stereocenters. The van der Waals surface area contributed by atoms with Gasteiger partial charge in [-0.2, -0.15) is 0 Å². The summed E-state index contributed by atoms with van der Waals surface area (Å²) in [6, 6.07) is 0. The van der Waals surface area contributed by atoms with Crippen LogP contribution in [0.2, 0.25) is 0 Å². The van der Waals surface area contributed by atoms with Crippen molar-refractivity contribution in [1.29, 1.82) is 0 Å². The van der Waals surface area contributed by atoms with E-state index in [0.29, 0.717) is 0 Å². The van der Waals surface area contributed by atoms with Crippen LogP contribution in [0.3, 0.4) is 0 Å². The van der Waals surface area contributed by atoms with E-state index in [4.69, 9.17) is 9.47 Å². The summed E-state index contributed by atoms with van der Waals surface area (Å²) in [6.07, 6.45) is 3.33. The quantitative estimate of drug-likeness (QED) is 0.639. The zero-order chi connectivity index (χ0) is 10.0. The molecule has 3 saturated heterocycles. The SMILES string of the molecule is CCC12CO[C@]3(C)CC[C@@](C)(OC1)N23. The molecule has 0 bridgehead atoms. The van der Waals surface area contributed by atoms with E-state index in [-0.39, 0.29) is 17.0 Å². The molecule has 0 aliphatic carbocycles. The summed E-state index contributed by atoms with van der Waals surface area (Å²) in [4.78, 5) is 2.51. The van der Waals surface area contributed by atoms with Crippen molar-refractivity contribution in [2.24, 2.45) is 0 Å². The van der Waals surface area contributed by atoms with Crippen LogP contribution in [0, 0.1) is 0 Å². The summed E-state index contributed by atoms with van der Waals surface area (Å²) in [7, 11) is 0. The van der Waals surface area contributed by atoms with E-state index in [9.17, 15) is 0 Å². The van der Waals surface area contributed by atoms with Crippen LogP contribution < -0.4 is 0 Å². The molecule has 3 aliphatic rings. The van der Waals surface area contributed by atoms with Crippen LogP contribution in [0.1, 0.15) is 40.0 Å². The van der Waals surface area contributed by atoms with Crippen molar-refractivity contribution < 1.29 is 9.47 Å². The van der Waals surface area contributed by atoms with Crippen LogP contribution in [0.4, 0.5) is 0 Å². The largest absolute Gasteiger partial charge is 0.359 e. The second-order valence-electron chi connectivity index (χ2n) is 5.34. The highest BCUT2D eigenvalue weighted by molar-refractivity contribution is 5.13. The van der Waals surface area contributed by atoms with Crippen molar-refractivity contribution in [1.82, 2.24) is 4.90 Å². The summed E-state index contributed by atoms with van der Waals surface area (Å²) in [5.41, 5.74) is 0.0581. The first-order chi connectivity index (χ1) is 6.55. The van der Waals surface area contributed by atoms with E-state index in [0.717, 1.165) is 32.5 Å². The summed E-state index contributed by atoms with van der Waals surface area (Å²) in [6.45, 7) is 8.35. The maximum absolute atomic E-state index is 6.00. The summed E-state index contributed by atoms with van der Waals surface area (Å²) < 4.78 is 12.0. The Hall–Kier alpha value is -0.120. The van der Waals surface area contributed by atoms with Crippen LogP contribution in [-0.2, 0) is 9.47 Å². The molecular weight excluding hydrogens is 178 g/mol. The van der Waals surface area contributed by atoms with Gasteiger partial charge in [-0.1, -0.05) is 6.92 Å². The number of hydrogen-bond donors (Lipinski definition) is 0. The smallest absolute Gasteiger partial charge is 0.121 e. The fraction of sp³-hybridized carbons (Fsp3) is 1.00. The topological polar surface area (TPSA) is 21.7 Å². The number of rotatable bonds is 1. The van der Waals surface area contributed by atoms with Crippen molar-refractivity contribution >= 4 is 0 Å². The molecule has 0 aromatic rings. The van der Waals surface area contributed by atoms with Gasteiger partial charge in [-0.25, -0.2) is 4.90 Å². The van der Waals surface area contributed by atoms with Gasteiger partial charge in [0.1, 0.15) is 11.4 Å². The Kier molecular flexibility index (Phi) is 1.53. The monoisotopic (exact) mass is 197 g/mol. The lowest BCUT2D eigenvalue weighted by molar-refractivity contribution is -0.124. The van der Waals surface area contributed by atoms with E-state index < -0.39 is 0 Å². The predicted molar refractivity (Wildman–Crippen MR) is 52.8 cm³/mol. The average Bonchev–Trinajstić information content (AvgIpc) is 2.72. The van der Waals surface area contributed by atoms with Crippen LogP contribution in [0.5, 0.6) is 0 Å². The number of hydrogen-bond acceptors (Lipinski definition) is 3. The highest BCUT2D eigenvalue weighted by atomic mass is 16.6. The van der Waals surface area contributed by atoms with Gasteiger partial charge >= 0.3 is 0 Å². The first-order valence-corrected chi connectivity index (χ1v) is 5.63. The third-order valence-corrected chi connectivity index (χ3v) is 4.43. The molecule has 3 heteroatoms. The Morgan fingerprint density at radius 3 is 2.00 bits per heavy atom. The summed E-state index contributed by atoms with van der Waals surface area (Å²) in [5, 5.41) is 0. The molecule has 3 nitrogen and oxygen atoms in total. The van der Waals surface area contributed by atoms with Crippen LogP contribution >= 0.6 is 0 Å². The third-order valence-electron chi connectivity index (χ3n) is 4.43. The molecule has 3 fully saturated rings. The Labute approximate surface area is 85.4 Å². The molecule has 0 aromatic carbocycles. The normalized spacial score (nSPS) is 56.8. The van der Waals surface area contributed by atoms with Crippen molar-refractivity contribution in [3.8, 4) is 0 Å². The van der Waals surface area contributed by atoms with Crippen LogP contribution in [-0.4, -0.2) is 35.1 Å². The molecule has 14 heavy (non-hydrogen) atoms.